The molecule has 0 saturated heterocycles. The van der Waals surface area contributed by atoms with E-state index < -0.39 is 0 Å². The van der Waals surface area contributed by atoms with E-state index in [1.807, 2.05) is 31.2 Å². The number of aryl methyl sites for hydroxylation is 1. The highest BCUT2D eigenvalue weighted by Gasteiger charge is 2.16. The molecule has 0 saturated carbocycles. The molecule has 0 aliphatic heterocycles. The Hall–Kier alpha value is -3.06. The molecule has 0 bridgehead atoms. The molecule has 0 fully saturated rings. The summed E-state index contributed by atoms with van der Waals surface area (Å²) in [7, 11) is 4.89. The molecular formula is C21H28N3O4+. The van der Waals surface area contributed by atoms with Gasteiger partial charge < -0.3 is 25.0 Å². The number of hydrogen-bond acceptors (Lipinski definition) is 4. The van der Waals surface area contributed by atoms with E-state index in [1.54, 1.807) is 32.4 Å². The molecule has 150 valence electrons. The van der Waals surface area contributed by atoms with Crippen LogP contribution in [-0.2, 0) is 16.0 Å². The SMILES string of the molecule is CCc1ccccc1NC(=O)C[NH+](C)CC(=O)Nc1ccc(OC)cc1OC. The lowest BCUT2D eigenvalue weighted by atomic mass is 10.1. The first-order valence-electron chi connectivity index (χ1n) is 9.17. The first-order chi connectivity index (χ1) is 13.5. The Balaban J connectivity index is 1.89. The zero-order valence-electron chi connectivity index (χ0n) is 16.8. The quantitative estimate of drug-likeness (QED) is 0.608. The van der Waals surface area contributed by atoms with Gasteiger partial charge >= 0.3 is 0 Å². The van der Waals surface area contributed by atoms with Crippen molar-refractivity contribution < 1.29 is 24.0 Å². The van der Waals surface area contributed by atoms with E-state index in [0.717, 1.165) is 22.6 Å². The van der Waals surface area contributed by atoms with Crippen molar-refractivity contribution in [3.05, 3.63) is 48.0 Å². The van der Waals surface area contributed by atoms with Crippen LogP contribution >= 0.6 is 0 Å². The molecule has 0 spiro atoms. The van der Waals surface area contributed by atoms with Gasteiger partial charge in [0.1, 0.15) is 11.5 Å². The number of amides is 2. The standard InChI is InChI=1S/C21H27N3O4/c1-5-15-8-6-7-9-17(15)22-20(25)13-24(2)14-21(26)23-18-11-10-16(27-3)12-19(18)28-4/h6-12H,5,13-14H2,1-4H3,(H,22,25)(H,23,26)/p+1. The maximum atomic E-state index is 12.3. The molecule has 0 aliphatic carbocycles. The molecule has 0 aromatic heterocycles. The van der Waals surface area contributed by atoms with Gasteiger partial charge in [0.05, 0.1) is 27.0 Å². The van der Waals surface area contributed by atoms with Crippen molar-refractivity contribution in [1.82, 2.24) is 0 Å². The van der Waals surface area contributed by atoms with Crippen LogP contribution in [0.1, 0.15) is 12.5 Å². The third-order valence-corrected chi connectivity index (χ3v) is 4.28. The van der Waals surface area contributed by atoms with Crippen LogP contribution in [0, 0.1) is 0 Å². The first kappa shape index (κ1) is 21.2. The number of anilines is 2. The number of para-hydroxylation sites is 1. The van der Waals surface area contributed by atoms with Gasteiger partial charge in [-0.3, -0.25) is 9.59 Å². The van der Waals surface area contributed by atoms with E-state index in [2.05, 4.69) is 10.6 Å². The molecule has 1 atom stereocenters. The molecule has 0 aliphatic rings. The van der Waals surface area contributed by atoms with Crippen LogP contribution in [0.25, 0.3) is 0 Å². The fourth-order valence-corrected chi connectivity index (χ4v) is 2.85. The maximum absolute atomic E-state index is 12.3. The average Bonchev–Trinajstić information content (AvgIpc) is 2.68. The van der Waals surface area contributed by atoms with Gasteiger partial charge in [-0.05, 0) is 30.2 Å². The van der Waals surface area contributed by atoms with Crippen molar-refractivity contribution in [2.24, 2.45) is 0 Å². The number of nitrogens with one attached hydrogen (secondary N) is 3. The zero-order chi connectivity index (χ0) is 20.5. The second-order valence-corrected chi connectivity index (χ2v) is 6.48. The molecule has 2 aromatic carbocycles. The van der Waals surface area contributed by atoms with Gasteiger partial charge in [0, 0.05) is 11.8 Å². The molecule has 0 heterocycles. The highest BCUT2D eigenvalue weighted by molar-refractivity contribution is 5.94. The van der Waals surface area contributed by atoms with E-state index in [-0.39, 0.29) is 24.9 Å². The van der Waals surface area contributed by atoms with Gasteiger partial charge in [0.25, 0.3) is 11.8 Å². The fraction of sp³-hybridized carbons (Fsp3) is 0.333. The minimum absolute atomic E-state index is 0.131. The van der Waals surface area contributed by atoms with Gasteiger partial charge in [-0.15, -0.1) is 0 Å². The lowest BCUT2D eigenvalue weighted by molar-refractivity contribution is -0.862. The summed E-state index contributed by atoms with van der Waals surface area (Å²) in [6.07, 6.45) is 0.839. The van der Waals surface area contributed by atoms with Crippen LogP contribution in [0.2, 0.25) is 0 Å². The zero-order valence-corrected chi connectivity index (χ0v) is 16.8. The van der Waals surface area contributed by atoms with E-state index in [0.29, 0.717) is 17.2 Å². The number of rotatable bonds is 9. The number of benzene rings is 2. The molecule has 7 heteroatoms. The topological polar surface area (TPSA) is 81.1 Å². The summed E-state index contributed by atoms with van der Waals surface area (Å²) in [4.78, 5) is 25.4. The van der Waals surface area contributed by atoms with Crippen LogP contribution in [0.4, 0.5) is 11.4 Å². The molecule has 7 nitrogen and oxygen atoms in total. The lowest BCUT2D eigenvalue weighted by Crippen LogP contribution is -3.11. The van der Waals surface area contributed by atoms with E-state index in [1.165, 1.54) is 7.11 Å². The fourth-order valence-electron chi connectivity index (χ4n) is 2.85. The van der Waals surface area contributed by atoms with E-state index in [4.69, 9.17) is 9.47 Å². The number of hydrogen-bond donors (Lipinski definition) is 3. The second kappa shape index (κ2) is 10.3. The molecular weight excluding hydrogens is 358 g/mol. The molecule has 1 unspecified atom stereocenters. The van der Waals surface area contributed by atoms with Gasteiger partial charge in [0.2, 0.25) is 0 Å². The van der Waals surface area contributed by atoms with Crippen molar-refractivity contribution in [2.75, 3.05) is 45.0 Å². The molecule has 2 rings (SSSR count). The van der Waals surface area contributed by atoms with Crippen LogP contribution in [0.15, 0.2) is 42.5 Å². The molecule has 28 heavy (non-hydrogen) atoms. The van der Waals surface area contributed by atoms with Gasteiger partial charge in [-0.2, -0.15) is 0 Å². The number of likely N-dealkylation sites (N-methyl/N-ethyl adjacent to an activating group) is 1. The van der Waals surface area contributed by atoms with Gasteiger partial charge in [0.15, 0.2) is 13.1 Å². The predicted molar refractivity (Wildman–Crippen MR) is 109 cm³/mol. The second-order valence-electron chi connectivity index (χ2n) is 6.48. The number of ether oxygens (including phenoxy) is 2. The minimum Gasteiger partial charge on any atom is -0.497 e. The molecule has 2 aromatic rings. The maximum Gasteiger partial charge on any atom is 0.279 e. The minimum atomic E-state index is -0.206. The van der Waals surface area contributed by atoms with Crippen molar-refractivity contribution in [3.63, 3.8) is 0 Å². The van der Waals surface area contributed by atoms with Crippen molar-refractivity contribution in [1.29, 1.82) is 0 Å². The van der Waals surface area contributed by atoms with E-state index in [9.17, 15) is 9.59 Å². The first-order valence-corrected chi connectivity index (χ1v) is 9.17. The van der Waals surface area contributed by atoms with Crippen molar-refractivity contribution in [3.8, 4) is 11.5 Å². The summed E-state index contributed by atoms with van der Waals surface area (Å²) in [5.41, 5.74) is 2.45. The van der Waals surface area contributed by atoms with Crippen LogP contribution < -0.4 is 25.0 Å². The normalized spacial score (nSPS) is 11.4. The summed E-state index contributed by atoms with van der Waals surface area (Å²) in [5, 5.41) is 5.73. The van der Waals surface area contributed by atoms with Gasteiger partial charge in [-0.25, -0.2) is 0 Å². The summed E-state index contributed by atoms with van der Waals surface area (Å²) < 4.78 is 10.4. The van der Waals surface area contributed by atoms with Crippen molar-refractivity contribution >= 4 is 23.2 Å². The summed E-state index contributed by atoms with van der Waals surface area (Å²) >= 11 is 0. The Kier molecular flexibility index (Phi) is 7.83. The molecule has 0 radical (unpaired) electrons. The van der Waals surface area contributed by atoms with Crippen molar-refractivity contribution in [2.45, 2.75) is 13.3 Å². The van der Waals surface area contributed by atoms with E-state index >= 15 is 0 Å². The number of quaternary nitrogens is 1. The Morgan fingerprint density at radius 3 is 2.18 bits per heavy atom. The Morgan fingerprint density at radius 2 is 1.57 bits per heavy atom. The van der Waals surface area contributed by atoms with Crippen LogP contribution in [-0.4, -0.2) is 46.2 Å². The third-order valence-electron chi connectivity index (χ3n) is 4.28. The molecule has 3 N–H and O–H groups in total. The van der Waals surface area contributed by atoms with Crippen LogP contribution in [0.3, 0.4) is 0 Å². The average molecular weight is 386 g/mol. The van der Waals surface area contributed by atoms with Gasteiger partial charge in [-0.1, -0.05) is 25.1 Å². The summed E-state index contributed by atoms with van der Waals surface area (Å²) in [6.45, 7) is 2.38. The number of carbonyl (C=O) groups is 2. The summed E-state index contributed by atoms with van der Waals surface area (Å²) in [5.74, 6) is 0.817. The van der Waals surface area contributed by atoms with Crippen LogP contribution in [0.5, 0.6) is 11.5 Å². The lowest BCUT2D eigenvalue weighted by Gasteiger charge is -2.16. The predicted octanol–water partition coefficient (Wildman–Crippen LogP) is 1.36. The third kappa shape index (κ3) is 5.99. The smallest absolute Gasteiger partial charge is 0.279 e. The Labute approximate surface area is 165 Å². The number of methoxy groups -OCH3 is 2. The highest BCUT2D eigenvalue weighted by atomic mass is 16.5. The summed E-state index contributed by atoms with van der Waals surface area (Å²) in [6, 6.07) is 12.9. The highest BCUT2D eigenvalue weighted by Crippen LogP contribution is 2.28. The monoisotopic (exact) mass is 386 g/mol. The molecule has 2 amide bonds. The Morgan fingerprint density at radius 1 is 0.929 bits per heavy atom. The largest absolute Gasteiger partial charge is 0.497 e. The Bertz CT molecular complexity index is 823. The number of carbonyl (C=O) groups excluding carboxylic acids is 2.